The zero-order valence-electron chi connectivity index (χ0n) is 58.9. The quantitative estimate of drug-likeness (QED) is 0.0852. The Hall–Kier alpha value is -9.31. The second-order valence-electron chi connectivity index (χ2n) is 28.7. The first-order valence-corrected chi connectivity index (χ1v) is 33.1. The van der Waals surface area contributed by atoms with Gasteiger partial charge in [-0.25, -0.2) is 0 Å². The molecule has 0 fully saturated rings. The monoisotopic (exact) mass is 1330 g/mol. The van der Waals surface area contributed by atoms with Crippen molar-refractivity contribution in [1.82, 2.24) is 19.6 Å². The van der Waals surface area contributed by atoms with Crippen molar-refractivity contribution in [3.8, 4) is 34.5 Å². The molecule has 0 spiro atoms. The van der Waals surface area contributed by atoms with E-state index < -0.39 is 31.0 Å². The molecule has 97 heavy (non-hydrogen) atoms. The van der Waals surface area contributed by atoms with E-state index in [1.165, 1.54) is 71.6 Å². The van der Waals surface area contributed by atoms with Gasteiger partial charge in [-0.15, -0.1) is 0 Å². The SMILES string of the molecule is COc1c2cc([N+](=O)[O-])cc1Cc1cc([N+](=O)[O-])cc(c1OC)Cc1cc(C(C)(C)C)cc3c1OCCN(C(C)=O)CCN1CCN(C(C)=O)CCOc4c(cc(C(C)(C)C)cc4Cc4cc(C(C)(C)C)cc(c4OCCN(C(C)=O)CC1)C3)Cc1cc([N+](=O)[O-])cc(c1OC)C2. The van der Waals surface area contributed by atoms with Gasteiger partial charge in [-0.05, 0) is 66.3 Å². The number of non-ortho nitro benzene ring substituents is 3. The van der Waals surface area contributed by atoms with Crippen LogP contribution >= 0.6 is 0 Å². The van der Waals surface area contributed by atoms with Gasteiger partial charge in [0.1, 0.15) is 54.3 Å². The number of methoxy groups -OCH3 is 3. The van der Waals surface area contributed by atoms with Crippen LogP contribution in [0.4, 0.5) is 17.1 Å². The lowest BCUT2D eigenvalue weighted by Crippen LogP contribution is -2.46. The summed E-state index contributed by atoms with van der Waals surface area (Å²) in [6.45, 7) is 26.4. The molecule has 6 aromatic rings. The molecular weight excluding hydrogens is 1240 g/mol. The summed E-state index contributed by atoms with van der Waals surface area (Å²) in [6, 6.07) is 21.1. The molecule has 0 unspecified atom stereocenters. The van der Waals surface area contributed by atoms with E-state index in [9.17, 15) is 44.7 Å². The molecule has 3 amide bonds. The minimum absolute atomic E-state index is 0.0196. The first-order valence-electron chi connectivity index (χ1n) is 33.1. The van der Waals surface area contributed by atoms with Crippen LogP contribution < -0.4 is 28.4 Å². The molecule has 1 aliphatic carbocycles. The van der Waals surface area contributed by atoms with Crippen LogP contribution in [0.2, 0.25) is 0 Å². The molecule has 0 aromatic heterocycles. The molecule has 3 aliphatic rings. The van der Waals surface area contributed by atoms with Gasteiger partial charge < -0.3 is 43.1 Å². The lowest BCUT2D eigenvalue weighted by Gasteiger charge is -2.32. The van der Waals surface area contributed by atoms with E-state index in [2.05, 4.69) is 104 Å². The summed E-state index contributed by atoms with van der Waals surface area (Å²) in [5, 5.41) is 39.6. The van der Waals surface area contributed by atoms with Gasteiger partial charge in [-0.3, -0.25) is 49.6 Å². The van der Waals surface area contributed by atoms with E-state index in [-0.39, 0.29) is 154 Å². The first-order chi connectivity index (χ1) is 45.7. The Morgan fingerprint density at radius 2 is 0.557 bits per heavy atom. The summed E-state index contributed by atoms with van der Waals surface area (Å²) in [6.07, 6.45) is 0.150. The number of nitro benzene ring substituents is 3. The fourth-order valence-corrected chi connectivity index (χ4v) is 13.4. The van der Waals surface area contributed by atoms with Crippen molar-refractivity contribution in [3.05, 3.63) is 187 Å². The minimum Gasteiger partial charge on any atom is -0.496 e. The van der Waals surface area contributed by atoms with E-state index in [1.54, 1.807) is 21.6 Å². The second kappa shape index (κ2) is 29.6. The van der Waals surface area contributed by atoms with E-state index in [1.807, 2.05) is 0 Å². The maximum absolute atomic E-state index is 13.8. The van der Waals surface area contributed by atoms with Crippen molar-refractivity contribution in [1.29, 1.82) is 0 Å². The molecule has 2 heterocycles. The number of carbonyl (C=O) groups excluding carboxylic acids is 3. The zero-order valence-corrected chi connectivity index (χ0v) is 58.9. The fourth-order valence-electron chi connectivity index (χ4n) is 13.4. The van der Waals surface area contributed by atoms with E-state index in [0.29, 0.717) is 76.8 Å². The van der Waals surface area contributed by atoms with Gasteiger partial charge in [0.15, 0.2) is 0 Å². The predicted molar refractivity (Wildman–Crippen MR) is 371 cm³/mol. The third kappa shape index (κ3) is 16.9. The fraction of sp³-hybridized carbons (Fsp3) is 0.480. The third-order valence-electron chi connectivity index (χ3n) is 18.8. The van der Waals surface area contributed by atoms with Gasteiger partial charge >= 0.3 is 0 Å². The van der Waals surface area contributed by atoms with E-state index in [0.717, 1.165) is 38.9 Å². The average Bonchev–Trinajstić information content (AvgIpc) is 0.782. The highest BCUT2D eigenvalue weighted by Crippen LogP contribution is 2.46. The van der Waals surface area contributed by atoms with Gasteiger partial charge in [0.25, 0.3) is 17.1 Å². The molecule has 0 N–H and O–H groups in total. The molecule has 22 heteroatoms. The smallest absolute Gasteiger partial charge is 0.270 e. The Morgan fingerprint density at radius 1 is 0.351 bits per heavy atom. The number of ether oxygens (including phenoxy) is 6. The lowest BCUT2D eigenvalue weighted by atomic mass is 9.80. The highest BCUT2D eigenvalue weighted by Gasteiger charge is 2.32. The molecular formula is C75H93N7O15. The van der Waals surface area contributed by atoms with Gasteiger partial charge in [-0.2, -0.15) is 0 Å². The van der Waals surface area contributed by atoms with Crippen molar-refractivity contribution in [3.63, 3.8) is 0 Å². The number of benzene rings is 6. The predicted octanol–water partition coefficient (Wildman–Crippen LogP) is 12.2. The second-order valence-corrected chi connectivity index (χ2v) is 28.7. The highest BCUT2D eigenvalue weighted by atomic mass is 16.6. The Bertz CT molecular complexity index is 3810. The summed E-state index contributed by atoms with van der Waals surface area (Å²) < 4.78 is 40.5. The number of hydrogen-bond donors (Lipinski definition) is 0. The number of fused-ring (bicyclic) bond motifs is 12. The number of nitro groups is 3. The van der Waals surface area contributed by atoms with Crippen molar-refractivity contribution < 1.29 is 57.6 Å². The molecule has 2 aliphatic heterocycles. The maximum atomic E-state index is 13.8. The Labute approximate surface area is 568 Å². The van der Waals surface area contributed by atoms with Crippen LogP contribution in [-0.2, 0) is 69.2 Å². The maximum Gasteiger partial charge on any atom is 0.270 e. The van der Waals surface area contributed by atoms with Crippen LogP contribution in [0.15, 0.2) is 72.8 Å². The molecule has 0 saturated heterocycles. The first kappa shape index (κ1) is 72.0. The van der Waals surface area contributed by atoms with Crippen LogP contribution in [0, 0.1) is 30.3 Å². The van der Waals surface area contributed by atoms with Crippen molar-refractivity contribution in [2.75, 3.05) is 100 Å². The summed E-state index contributed by atoms with van der Waals surface area (Å²) in [4.78, 5) is 86.9. The summed E-state index contributed by atoms with van der Waals surface area (Å²) in [7, 11) is 4.35. The standard InChI is InChI=1S/C75H93N7O15/c1-46(83)77-19-16-76-17-20-78(47(2)84)23-26-96-71-51-28-49-34-61(73(4,5)6)35-50(70(49)95-25-22-77)29-52-37-63(75(10,11)12)39-54(72(52)97-27-24-79(21-18-76)48(3)85)31-56-41-65(81(88)89)43-58(68(56)93-14)33-60-45-66(82(90)91)44-59(69(60)94-15)32-57-42-64(80(86)87)40-55(67(57)92-13)30-53(71)38-62(36-51)74(7,8)9/h34-45H,16-33H2,1-15H3. The lowest BCUT2D eigenvalue weighted by molar-refractivity contribution is -0.385. The zero-order chi connectivity index (χ0) is 70.6. The molecule has 9 rings (SSSR count). The summed E-state index contributed by atoms with van der Waals surface area (Å²) in [5.74, 6) is 1.73. The highest BCUT2D eigenvalue weighted by molar-refractivity contribution is 5.74. The Kier molecular flexibility index (Phi) is 21.9. The van der Waals surface area contributed by atoms with Crippen LogP contribution in [0.25, 0.3) is 0 Å². The van der Waals surface area contributed by atoms with Crippen LogP contribution in [-0.4, -0.2) is 152 Å². The average molecular weight is 1330 g/mol. The van der Waals surface area contributed by atoms with Gasteiger partial charge in [-0.1, -0.05) is 98.7 Å². The van der Waals surface area contributed by atoms with Gasteiger partial charge in [0.05, 0.1) is 55.7 Å². The van der Waals surface area contributed by atoms with E-state index >= 15 is 0 Å². The van der Waals surface area contributed by atoms with Crippen LogP contribution in [0.1, 0.15) is 167 Å². The molecule has 0 atom stereocenters. The Morgan fingerprint density at radius 3 is 0.742 bits per heavy atom. The molecule has 0 saturated carbocycles. The summed E-state index contributed by atoms with van der Waals surface area (Å²) >= 11 is 0. The number of rotatable bonds is 6. The van der Waals surface area contributed by atoms with Crippen LogP contribution in [0.5, 0.6) is 34.5 Å². The normalized spacial score (nSPS) is 15.6. The van der Waals surface area contributed by atoms with Crippen molar-refractivity contribution in [2.45, 2.75) is 138 Å². The van der Waals surface area contributed by atoms with Gasteiger partial charge in [0.2, 0.25) is 17.7 Å². The van der Waals surface area contributed by atoms with E-state index in [4.69, 9.17) is 28.4 Å². The largest absolute Gasteiger partial charge is 0.496 e. The van der Waals surface area contributed by atoms with Crippen molar-refractivity contribution >= 4 is 34.8 Å². The molecule has 518 valence electrons. The number of hydrogen-bond acceptors (Lipinski definition) is 16. The Balaban J connectivity index is 1.47. The molecule has 0 radical (unpaired) electrons. The minimum atomic E-state index is -0.545. The molecule has 6 aromatic carbocycles. The molecule has 16 bridgehead atoms. The summed E-state index contributed by atoms with van der Waals surface area (Å²) in [5.41, 5.74) is 6.95. The number of carbonyl (C=O) groups is 3. The number of amides is 3. The molecule has 22 nitrogen and oxygen atoms in total. The number of nitrogens with zero attached hydrogens (tertiary/aromatic N) is 7. The van der Waals surface area contributed by atoms with Crippen molar-refractivity contribution in [2.24, 2.45) is 0 Å². The third-order valence-corrected chi connectivity index (χ3v) is 18.8. The topological polar surface area (TPSA) is 249 Å². The van der Waals surface area contributed by atoms with Crippen LogP contribution in [0.3, 0.4) is 0 Å². The van der Waals surface area contributed by atoms with Gasteiger partial charge in [0, 0.05) is 168 Å².